The Morgan fingerprint density at radius 1 is 1.05 bits per heavy atom. The second kappa shape index (κ2) is 6.56. The molecule has 0 aliphatic heterocycles. The van der Waals surface area contributed by atoms with Gasteiger partial charge >= 0.3 is 5.97 Å². The van der Waals surface area contributed by atoms with Crippen LogP contribution in [0.15, 0.2) is 53.4 Å². The minimum absolute atomic E-state index is 0.0117. The van der Waals surface area contributed by atoms with Crippen molar-refractivity contribution in [3.05, 3.63) is 58.6 Å². The second-order valence-corrected chi connectivity index (χ2v) is 6.99. The summed E-state index contributed by atoms with van der Waals surface area (Å²) < 4.78 is 26.1. The summed E-state index contributed by atoms with van der Waals surface area (Å²) >= 11 is 11.7. The first-order valence-electron chi connectivity index (χ1n) is 6.07. The summed E-state index contributed by atoms with van der Waals surface area (Å²) in [6.07, 6.45) is 0. The predicted octanol–water partition coefficient (Wildman–Crippen LogP) is 3.27. The third-order valence-electron chi connectivity index (χ3n) is 2.80. The van der Waals surface area contributed by atoms with E-state index >= 15 is 0 Å². The normalized spacial score (nSPS) is 11.2. The molecule has 0 bridgehead atoms. The Bertz CT molecular complexity index is 794. The molecule has 116 valence electrons. The van der Waals surface area contributed by atoms with Gasteiger partial charge in [-0.15, -0.1) is 0 Å². The third kappa shape index (κ3) is 3.52. The summed E-state index contributed by atoms with van der Waals surface area (Å²) in [6.45, 7) is -0.727. The van der Waals surface area contributed by atoms with Crippen LogP contribution in [0, 0.1) is 0 Å². The molecule has 0 atom stereocenters. The zero-order valence-corrected chi connectivity index (χ0v) is 13.4. The molecule has 8 heteroatoms. The quantitative estimate of drug-likeness (QED) is 0.888. The lowest BCUT2D eigenvalue weighted by Gasteiger charge is -2.23. The van der Waals surface area contributed by atoms with Crippen LogP contribution in [0.5, 0.6) is 0 Å². The van der Waals surface area contributed by atoms with Gasteiger partial charge in [0.1, 0.15) is 6.54 Å². The number of carboxylic acid groups (broad SMARTS) is 1. The van der Waals surface area contributed by atoms with Crippen molar-refractivity contribution in [2.24, 2.45) is 0 Å². The van der Waals surface area contributed by atoms with Crippen molar-refractivity contribution in [3.63, 3.8) is 0 Å². The number of anilines is 1. The highest BCUT2D eigenvalue weighted by molar-refractivity contribution is 7.92. The number of carboxylic acids is 1. The molecule has 0 aliphatic rings. The molecule has 0 radical (unpaired) electrons. The standard InChI is InChI=1S/C14H11Cl2NO4S/c15-12-7-6-10(8-13(12)16)17(9-14(18)19)22(20,21)11-4-2-1-3-5-11/h1-8H,9H2,(H,18,19). The SMILES string of the molecule is O=C(O)CN(c1ccc(Cl)c(Cl)c1)S(=O)(=O)c1ccccc1. The molecule has 0 heterocycles. The minimum atomic E-state index is -4.03. The maximum Gasteiger partial charge on any atom is 0.324 e. The molecule has 1 N–H and O–H groups in total. The van der Waals surface area contributed by atoms with Crippen LogP contribution in [-0.2, 0) is 14.8 Å². The van der Waals surface area contributed by atoms with Gasteiger partial charge in [-0.2, -0.15) is 0 Å². The summed E-state index contributed by atoms with van der Waals surface area (Å²) in [5.74, 6) is -1.29. The smallest absolute Gasteiger partial charge is 0.324 e. The first kappa shape index (κ1) is 16.6. The van der Waals surface area contributed by atoms with E-state index in [1.54, 1.807) is 18.2 Å². The van der Waals surface area contributed by atoms with Crippen molar-refractivity contribution in [2.75, 3.05) is 10.8 Å². The van der Waals surface area contributed by atoms with E-state index in [4.69, 9.17) is 28.3 Å². The molecule has 0 amide bonds. The maximum absolute atomic E-state index is 12.7. The molecule has 22 heavy (non-hydrogen) atoms. The number of carbonyl (C=O) groups is 1. The Balaban J connectivity index is 2.55. The molecule has 0 aliphatic carbocycles. The van der Waals surface area contributed by atoms with E-state index in [1.807, 2.05) is 0 Å². The fourth-order valence-electron chi connectivity index (χ4n) is 1.80. The van der Waals surface area contributed by atoms with Gasteiger partial charge in [-0.25, -0.2) is 8.42 Å². The first-order chi connectivity index (χ1) is 10.3. The molecule has 0 saturated heterocycles. The predicted molar refractivity (Wildman–Crippen MR) is 85.1 cm³/mol. The van der Waals surface area contributed by atoms with Crippen molar-refractivity contribution in [1.82, 2.24) is 0 Å². The highest BCUT2D eigenvalue weighted by Gasteiger charge is 2.27. The number of benzene rings is 2. The van der Waals surface area contributed by atoms with E-state index in [0.717, 1.165) is 4.31 Å². The Morgan fingerprint density at radius 2 is 1.68 bits per heavy atom. The van der Waals surface area contributed by atoms with Crippen LogP contribution in [0.1, 0.15) is 0 Å². The van der Waals surface area contributed by atoms with Crippen molar-refractivity contribution in [2.45, 2.75) is 4.90 Å². The summed E-state index contributed by atoms with van der Waals surface area (Å²) in [5.41, 5.74) is 0.126. The van der Waals surface area contributed by atoms with Gasteiger partial charge in [0, 0.05) is 0 Å². The lowest BCUT2D eigenvalue weighted by molar-refractivity contribution is -0.135. The Labute approximate surface area is 137 Å². The van der Waals surface area contributed by atoms with Gasteiger partial charge in [-0.1, -0.05) is 41.4 Å². The van der Waals surface area contributed by atoms with Crippen LogP contribution in [0.2, 0.25) is 10.0 Å². The molecule has 2 aromatic carbocycles. The number of sulfonamides is 1. The highest BCUT2D eigenvalue weighted by atomic mass is 35.5. The van der Waals surface area contributed by atoms with Gasteiger partial charge in [-0.05, 0) is 30.3 Å². The Hall–Kier alpha value is -1.76. The summed E-state index contributed by atoms with van der Waals surface area (Å²) in [6, 6.07) is 11.7. The molecule has 2 rings (SSSR count). The third-order valence-corrected chi connectivity index (χ3v) is 5.33. The number of nitrogens with zero attached hydrogens (tertiary/aromatic N) is 1. The van der Waals surface area contributed by atoms with Gasteiger partial charge in [0.2, 0.25) is 0 Å². The average molecular weight is 360 g/mol. The van der Waals surface area contributed by atoms with Crippen LogP contribution in [0.4, 0.5) is 5.69 Å². The largest absolute Gasteiger partial charge is 0.480 e. The van der Waals surface area contributed by atoms with Crippen LogP contribution >= 0.6 is 23.2 Å². The van der Waals surface area contributed by atoms with Crippen LogP contribution in [0.3, 0.4) is 0 Å². The summed E-state index contributed by atoms with van der Waals surface area (Å²) in [7, 11) is -4.03. The molecular weight excluding hydrogens is 349 g/mol. The van der Waals surface area contributed by atoms with E-state index in [0.29, 0.717) is 0 Å². The summed E-state index contributed by atoms with van der Waals surface area (Å²) in [4.78, 5) is 11.0. The van der Waals surface area contributed by atoms with E-state index < -0.39 is 22.5 Å². The fourth-order valence-corrected chi connectivity index (χ4v) is 3.52. The Morgan fingerprint density at radius 3 is 2.23 bits per heavy atom. The molecular formula is C14H11Cl2NO4S. The number of hydrogen-bond acceptors (Lipinski definition) is 3. The number of aliphatic carboxylic acids is 1. The maximum atomic E-state index is 12.7. The molecule has 0 aromatic heterocycles. The molecule has 0 saturated carbocycles. The van der Waals surface area contributed by atoms with Crippen LogP contribution in [0.25, 0.3) is 0 Å². The number of halogens is 2. The minimum Gasteiger partial charge on any atom is -0.480 e. The van der Waals surface area contributed by atoms with Crippen LogP contribution < -0.4 is 4.31 Å². The van der Waals surface area contributed by atoms with Gasteiger partial charge in [0.15, 0.2) is 0 Å². The van der Waals surface area contributed by atoms with Crippen molar-refractivity contribution in [3.8, 4) is 0 Å². The fraction of sp³-hybridized carbons (Fsp3) is 0.0714. The zero-order valence-electron chi connectivity index (χ0n) is 11.1. The van der Waals surface area contributed by atoms with Crippen LogP contribution in [-0.4, -0.2) is 26.0 Å². The summed E-state index contributed by atoms with van der Waals surface area (Å²) in [5, 5.41) is 9.40. The average Bonchev–Trinajstić information content (AvgIpc) is 2.48. The van der Waals surface area contributed by atoms with Crippen molar-refractivity contribution < 1.29 is 18.3 Å². The second-order valence-electron chi connectivity index (χ2n) is 4.32. The lowest BCUT2D eigenvalue weighted by atomic mass is 10.3. The van der Waals surface area contributed by atoms with E-state index in [-0.39, 0.29) is 20.6 Å². The van der Waals surface area contributed by atoms with Gasteiger partial charge in [-0.3, -0.25) is 9.10 Å². The van der Waals surface area contributed by atoms with Crippen molar-refractivity contribution >= 4 is 44.9 Å². The van der Waals surface area contributed by atoms with E-state index in [9.17, 15) is 13.2 Å². The van der Waals surface area contributed by atoms with Gasteiger partial charge in [0.25, 0.3) is 10.0 Å². The zero-order chi connectivity index (χ0) is 16.3. The van der Waals surface area contributed by atoms with Gasteiger partial charge < -0.3 is 5.11 Å². The number of rotatable bonds is 5. The Kier molecular flexibility index (Phi) is 4.95. The number of hydrogen-bond donors (Lipinski definition) is 1. The van der Waals surface area contributed by atoms with E-state index in [2.05, 4.69) is 0 Å². The molecule has 0 fully saturated rings. The van der Waals surface area contributed by atoms with Gasteiger partial charge in [0.05, 0.1) is 20.6 Å². The lowest BCUT2D eigenvalue weighted by Crippen LogP contribution is -2.35. The molecule has 2 aromatic rings. The highest BCUT2D eigenvalue weighted by Crippen LogP contribution is 2.30. The monoisotopic (exact) mass is 359 g/mol. The molecule has 0 spiro atoms. The van der Waals surface area contributed by atoms with E-state index in [1.165, 1.54) is 30.3 Å². The van der Waals surface area contributed by atoms with Crippen molar-refractivity contribution in [1.29, 1.82) is 0 Å². The topological polar surface area (TPSA) is 74.7 Å². The molecule has 0 unspecified atom stereocenters. The molecule has 5 nitrogen and oxygen atoms in total. The first-order valence-corrected chi connectivity index (χ1v) is 8.26.